The Bertz CT molecular complexity index is 1040. The van der Waals surface area contributed by atoms with Crippen LogP contribution in [0.2, 0.25) is 0 Å². The molecule has 4 aliphatic carbocycles. The summed E-state index contributed by atoms with van der Waals surface area (Å²) in [5.41, 5.74) is 4.06. The molecule has 1 nitrogen and oxygen atoms in total. The number of carbonyl (C=O) groups excluding carboxylic acids is 1. The van der Waals surface area contributed by atoms with Crippen LogP contribution in [0.25, 0.3) is 0 Å². The van der Waals surface area contributed by atoms with E-state index in [1.807, 2.05) is 0 Å². The number of hydrogen-bond acceptors (Lipinski definition) is 1. The molecule has 3 aromatic rings. The second-order valence-corrected chi connectivity index (χ2v) is 9.61. The van der Waals surface area contributed by atoms with E-state index in [2.05, 4.69) is 84.9 Å². The minimum atomic E-state index is -0.474. The fraction of sp³-hybridized carbons (Fsp3) is 0.321. The normalized spacial score (nSPS) is 38.3. The van der Waals surface area contributed by atoms with E-state index >= 15 is 0 Å². The molecule has 0 aromatic heterocycles. The molecule has 0 aliphatic heterocycles. The zero-order valence-corrected chi connectivity index (χ0v) is 16.4. The van der Waals surface area contributed by atoms with Crippen molar-refractivity contribution in [3.63, 3.8) is 0 Å². The maximum Gasteiger partial charge on any atom is 0.163 e. The maximum atomic E-state index is 14.8. The number of rotatable bonds is 2. The van der Waals surface area contributed by atoms with Gasteiger partial charge in [0.05, 0.1) is 10.8 Å². The Balaban J connectivity index is 1.64. The highest BCUT2D eigenvalue weighted by atomic mass is 16.1. The molecule has 0 spiro atoms. The Hall–Kier alpha value is -2.67. The summed E-state index contributed by atoms with van der Waals surface area (Å²) < 4.78 is 0. The van der Waals surface area contributed by atoms with Crippen LogP contribution in [0, 0.1) is 23.7 Å². The summed E-state index contributed by atoms with van der Waals surface area (Å²) in [7, 11) is 0. The summed E-state index contributed by atoms with van der Waals surface area (Å²) in [5, 5.41) is 0. The molecule has 4 bridgehead atoms. The lowest BCUT2D eigenvalue weighted by atomic mass is 9.56. The summed E-state index contributed by atoms with van der Waals surface area (Å²) in [6, 6.07) is 30.2. The van der Waals surface area contributed by atoms with Crippen molar-refractivity contribution in [3.05, 3.63) is 107 Å². The van der Waals surface area contributed by atoms with Gasteiger partial charge in [-0.05, 0) is 65.2 Å². The number of hydrogen-bond donors (Lipinski definition) is 0. The summed E-state index contributed by atoms with van der Waals surface area (Å²) >= 11 is 0. The van der Waals surface area contributed by atoms with Gasteiger partial charge in [0.15, 0.2) is 5.78 Å². The van der Waals surface area contributed by atoms with Gasteiger partial charge in [-0.3, -0.25) is 4.79 Å². The van der Waals surface area contributed by atoms with Gasteiger partial charge in [0.2, 0.25) is 0 Å². The molecule has 6 atom stereocenters. The molecule has 1 heteroatoms. The van der Waals surface area contributed by atoms with Crippen LogP contribution in [0.15, 0.2) is 84.9 Å². The molecular weight excluding hydrogens is 352 g/mol. The van der Waals surface area contributed by atoms with E-state index in [0.29, 0.717) is 29.5 Å². The maximum absolute atomic E-state index is 14.8. The SMILES string of the molecule is O=C1[C@]2(c3ccccc3)c3ccccc3[C@@]1(c1ccccc1)[C@H]1[C@@H]3CC[C@@H](C3)[C@H]12. The quantitative estimate of drug-likeness (QED) is 0.539. The third-order valence-electron chi connectivity index (χ3n) is 8.87. The average molecular weight is 376 g/mol. The smallest absolute Gasteiger partial charge is 0.163 e. The first kappa shape index (κ1) is 16.2. The molecule has 3 aromatic carbocycles. The average Bonchev–Trinajstić information content (AvgIpc) is 3.51. The highest BCUT2D eigenvalue weighted by Crippen LogP contribution is 2.76. The number of benzene rings is 3. The predicted molar refractivity (Wildman–Crippen MR) is 114 cm³/mol. The standard InChI is InChI=1S/C28H24O/c29-26-27(20-9-3-1-4-10-20)22-13-7-8-14-23(22)28(26,21-11-5-2-6-12-21)25-19-16-15-18(17-19)24(25)27/h1-14,18-19,24-25H,15-17H2/t18-,19+,24+,25-,27+,28-. The van der Waals surface area contributed by atoms with E-state index in [4.69, 9.17) is 0 Å². The highest BCUT2D eigenvalue weighted by Gasteiger charge is 2.79. The largest absolute Gasteiger partial charge is 0.297 e. The molecule has 3 fully saturated rings. The Morgan fingerprint density at radius 1 is 0.586 bits per heavy atom. The van der Waals surface area contributed by atoms with E-state index in [0.717, 1.165) is 0 Å². The first-order valence-electron chi connectivity index (χ1n) is 11.1. The van der Waals surface area contributed by atoms with E-state index < -0.39 is 10.8 Å². The van der Waals surface area contributed by atoms with Gasteiger partial charge in [0, 0.05) is 0 Å². The molecule has 0 unspecified atom stereocenters. The summed E-state index contributed by atoms with van der Waals surface area (Å²) in [5.74, 6) is 2.67. The summed E-state index contributed by atoms with van der Waals surface area (Å²) in [4.78, 5) is 14.8. The number of Topliss-reactive ketones (excluding diaryl/α,β-unsaturated/α-hetero) is 1. The lowest BCUT2D eigenvalue weighted by Crippen LogP contribution is -2.43. The number of ketones is 1. The lowest BCUT2D eigenvalue weighted by molar-refractivity contribution is -0.124. The monoisotopic (exact) mass is 376 g/mol. The minimum absolute atomic E-state index is 0.436. The van der Waals surface area contributed by atoms with Gasteiger partial charge in [-0.25, -0.2) is 0 Å². The van der Waals surface area contributed by atoms with Crippen LogP contribution < -0.4 is 0 Å². The van der Waals surface area contributed by atoms with Gasteiger partial charge in [0.25, 0.3) is 0 Å². The number of carbonyl (C=O) groups is 1. The molecule has 142 valence electrons. The third kappa shape index (κ3) is 1.58. The van der Waals surface area contributed by atoms with Crippen LogP contribution in [0.1, 0.15) is 41.5 Å². The molecule has 0 N–H and O–H groups in total. The van der Waals surface area contributed by atoms with Crippen LogP contribution in [0.5, 0.6) is 0 Å². The van der Waals surface area contributed by atoms with E-state index in [-0.39, 0.29) is 0 Å². The molecular formula is C28H24O. The van der Waals surface area contributed by atoms with Crippen LogP contribution in [0.3, 0.4) is 0 Å². The molecule has 0 heterocycles. The minimum Gasteiger partial charge on any atom is -0.297 e. The van der Waals surface area contributed by atoms with Crippen molar-refractivity contribution in [2.24, 2.45) is 23.7 Å². The molecule has 3 saturated carbocycles. The van der Waals surface area contributed by atoms with Gasteiger partial charge in [-0.1, -0.05) is 84.9 Å². The third-order valence-corrected chi connectivity index (χ3v) is 8.87. The van der Waals surface area contributed by atoms with Crippen LogP contribution >= 0.6 is 0 Å². The first-order valence-corrected chi connectivity index (χ1v) is 11.1. The predicted octanol–water partition coefficient (Wildman–Crippen LogP) is 5.52. The Labute approximate surface area is 171 Å². The molecule has 29 heavy (non-hydrogen) atoms. The van der Waals surface area contributed by atoms with Gasteiger partial charge in [-0.2, -0.15) is 0 Å². The fourth-order valence-corrected chi connectivity index (χ4v) is 8.29. The fourth-order valence-electron chi connectivity index (χ4n) is 8.29. The van der Waals surface area contributed by atoms with Gasteiger partial charge >= 0.3 is 0 Å². The second kappa shape index (κ2) is 5.27. The Morgan fingerprint density at radius 2 is 1.00 bits per heavy atom. The van der Waals surface area contributed by atoms with Gasteiger partial charge in [0.1, 0.15) is 0 Å². The van der Waals surface area contributed by atoms with Crippen molar-refractivity contribution < 1.29 is 4.79 Å². The van der Waals surface area contributed by atoms with E-state index in [1.54, 1.807) is 0 Å². The molecule has 0 radical (unpaired) electrons. The van der Waals surface area contributed by atoms with Crippen LogP contribution in [-0.2, 0) is 15.6 Å². The Kier molecular flexibility index (Phi) is 2.94. The van der Waals surface area contributed by atoms with Crippen molar-refractivity contribution in [2.75, 3.05) is 0 Å². The molecule has 7 rings (SSSR count). The zero-order chi connectivity index (χ0) is 19.2. The van der Waals surface area contributed by atoms with Gasteiger partial charge < -0.3 is 0 Å². The lowest BCUT2D eigenvalue weighted by Gasteiger charge is -2.45. The van der Waals surface area contributed by atoms with E-state index in [1.165, 1.54) is 41.5 Å². The number of fused-ring (bicyclic) bond motifs is 12. The van der Waals surface area contributed by atoms with Crippen LogP contribution in [0.4, 0.5) is 0 Å². The van der Waals surface area contributed by atoms with Crippen molar-refractivity contribution in [2.45, 2.75) is 30.1 Å². The van der Waals surface area contributed by atoms with Crippen LogP contribution in [-0.4, -0.2) is 5.78 Å². The van der Waals surface area contributed by atoms with Crippen molar-refractivity contribution in [1.29, 1.82) is 0 Å². The second-order valence-electron chi connectivity index (χ2n) is 9.61. The van der Waals surface area contributed by atoms with Crippen molar-refractivity contribution in [1.82, 2.24) is 0 Å². The highest BCUT2D eigenvalue weighted by molar-refractivity contribution is 6.12. The molecule has 0 amide bonds. The van der Waals surface area contributed by atoms with E-state index in [9.17, 15) is 4.79 Å². The van der Waals surface area contributed by atoms with Gasteiger partial charge in [-0.15, -0.1) is 0 Å². The van der Waals surface area contributed by atoms with Crippen molar-refractivity contribution >= 4 is 5.78 Å². The Morgan fingerprint density at radius 3 is 1.45 bits per heavy atom. The summed E-state index contributed by atoms with van der Waals surface area (Å²) in [6.07, 6.45) is 3.89. The van der Waals surface area contributed by atoms with Crippen molar-refractivity contribution in [3.8, 4) is 0 Å². The molecule has 4 aliphatic rings. The zero-order valence-electron chi connectivity index (χ0n) is 16.4. The first-order chi connectivity index (χ1) is 14.3. The summed E-state index contributed by atoms with van der Waals surface area (Å²) in [6.45, 7) is 0. The topological polar surface area (TPSA) is 17.1 Å². The molecule has 0 saturated heterocycles.